The van der Waals surface area contributed by atoms with Gasteiger partial charge >= 0.3 is 0 Å². The fraction of sp³-hybridized carbons (Fsp3) is 1.00. The van der Waals surface area contributed by atoms with E-state index < -0.39 is 0 Å². The molecule has 0 aromatic heterocycles. The van der Waals surface area contributed by atoms with Crippen LogP contribution in [0.5, 0.6) is 0 Å². The summed E-state index contributed by atoms with van der Waals surface area (Å²) >= 11 is 0. The third kappa shape index (κ3) is 2.19. The highest BCUT2D eigenvalue weighted by atomic mass is 16.5. The molecule has 1 aliphatic heterocycles. The minimum Gasteiger partial charge on any atom is -0.395 e. The molecule has 1 heterocycles. The first-order chi connectivity index (χ1) is 5.59. The Kier molecular flexibility index (Phi) is 3.09. The number of likely N-dealkylation sites (tertiary alicyclic amines) is 1. The summed E-state index contributed by atoms with van der Waals surface area (Å²) in [5.74, 6) is 0. The third-order valence-electron chi connectivity index (χ3n) is 2.35. The summed E-state index contributed by atoms with van der Waals surface area (Å²) in [4.78, 5) is 2.27. The lowest BCUT2D eigenvalue weighted by Gasteiger charge is -2.49. The zero-order chi connectivity index (χ0) is 9.19. The van der Waals surface area contributed by atoms with E-state index in [-0.39, 0.29) is 12.6 Å². The van der Waals surface area contributed by atoms with Crippen LogP contribution in [0, 0.1) is 5.41 Å². The van der Waals surface area contributed by atoms with Gasteiger partial charge in [-0.1, -0.05) is 13.8 Å². The largest absolute Gasteiger partial charge is 0.395 e. The summed E-state index contributed by atoms with van der Waals surface area (Å²) in [7, 11) is 1.67. The summed E-state index contributed by atoms with van der Waals surface area (Å²) in [5.41, 5.74) is 0.432. The molecule has 1 N–H and O–H groups in total. The van der Waals surface area contributed by atoms with Crippen molar-refractivity contribution in [1.82, 2.24) is 4.90 Å². The number of hydrogen-bond donors (Lipinski definition) is 1. The molecule has 3 nitrogen and oxygen atoms in total. The van der Waals surface area contributed by atoms with Crippen molar-refractivity contribution in [1.29, 1.82) is 0 Å². The second kappa shape index (κ2) is 3.73. The molecule has 12 heavy (non-hydrogen) atoms. The van der Waals surface area contributed by atoms with E-state index in [2.05, 4.69) is 18.7 Å². The second-order valence-electron chi connectivity index (χ2n) is 4.36. The van der Waals surface area contributed by atoms with E-state index >= 15 is 0 Å². The lowest BCUT2D eigenvalue weighted by Crippen LogP contribution is -2.59. The molecule has 0 spiro atoms. The van der Waals surface area contributed by atoms with Gasteiger partial charge in [-0.3, -0.25) is 4.90 Å². The minimum absolute atomic E-state index is 0.197. The van der Waals surface area contributed by atoms with E-state index in [1.807, 2.05) is 0 Å². The van der Waals surface area contributed by atoms with Crippen LogP contribution in [0.3, 0.4) is 0 Å². The number of methoxy groups -OCH3 is 1. The number of nitrogens with zero attached hydrogens (tertiary/aromatic N) is 1. The smallest absolute Gasteiger partial charge is 0.0640 e. The number of rotatable bonds is 4. The predicted octanol–water partition coefficient (Wildman–Crippen LogP) is 0.336. The summed E-state index contributed by atoms with van der Waals surface area (Å²) < 4.78 is 5.02. The van der Waals surface area contributed by atoms with Crippen molar-refractivity contribution >= 4 is 0 Å². The second-order valence-corrected chi connectivity index (χ2v) is 4.36. The van der Waals surface area contributed by atoms with Crippen LogP contribution in [0.15, 0.2) is 0 Å². The standard InChI is InChI=1S/C9H19NO2/c1-9(2)6-10(7-9)8(4-11)5-12-3/h8,11H,4-7H2,1-3H3. The molecule has 72 valence electrons. The van der Waals surface area contributed by atoms with E-state index in [1.54, 1.807) is 7.11 Å². The fourth-order valence-electron chi connectivity index (χ4n) is 1.78. The average molecular weight is 173 g/mol. The Balaban J connectivity index is 2.29. The molecule has 1 saturated heterocycles. The normalized spacial score (nSPS) is 25.0. The molecule has 0 saturated carbocycles. The molecule has 1 fully saturated rings. The molecular weight excluding hydrogens is 154 g/mol. The summed E-state index contributed by atoms with van der Waals surface area (Å²) in [6.45, 7) is 7.45. The number of ether oxygens (including phenoxy) is 1. The van der Waals surface area contributed by atoms with Gasteiger partial charge in [0.2, 0.25) is 0 Å². The molecule has 1 atom stereocenters. The van der Waals surface area contributed by atoms with E-state index in [4.69, 9.17) is 9.84 Å². The molecule has 0 radical (unpaired) electrons. The third-order valence-corrected chi connectivity index (χ3v) is 2.35. The predicted molar refractivity (Wildman–Crippen MR) is 48.1 cm³/mol. The van der Waals surface area contributed by atoms with Gasteiger partial charge in [-0.05, 0) is 5.41 Å². The van der Waals surface area contributed by atoms with Crippen molar-refractivity contribution in [2.45, 2.75) is 19.9 Å². The molecule has 1 rings (SSSR count). The molecule has 0 aromatic carbocycles. The van der Waals surface area contributed by atoms with E-state index in [0.717, 1.165) is 13.1 Å². The van der Waals surface area contributed by atoms with Gasteiger partial charge in [0.15, 0.2) is 0 Å². The van der Waals surface area contributed by atoms with Gasteiger partial charge in [-0.2, -0.15) is 0 Å². The van der Waals surface area contributed by atoms with E-state index in [0.29, 0.717) is 12.0 Å². The van der Waals surface area contributed by atoms with Crippen LogP contribution < -0.4 is 0 Å². The highest BCUT2D eigenvalue weighted by Gasteiger charge is 2.37. The van der Waals surface area contributed by atoms with Crippen LogP contribution in [0.1, 0.15) is 13.8 Å². The Labute approximate surface area is 74.3 Å². The van der Waals surface area contributed by atoms with Crippen LogP contribution in [0.2, 0.25) is 0 Å². The Morgan fingerprint density at radius 2 is 2.08 bits per heavy atom. The molecule has 1 unspecified atom stereocenters. The van der Waals surface area contributed by atoms with Gasteiger partial charge < -0.3 is 9.84 Å². The van der Waals surface area contributed by atoms with Crippen LogP contribution in [0.25, 0.3) is 0 Å². The van der Waals surface area contributed by atoms with Gasteiger partial charge in [-0.25, -0.2) is 0 Å². The minimum atomic E-state index is 0.197. The van der Waals surface area contributed by atoms with Gasteiger partial charge in [0.1, 0.15) is 0 Å². The number of aliphatic hydroxyl groups is 1. The highest BCUT2D eigenvalue weighted by molar-refractivity contribution is 4.91. The average Bonchev–Trinajstić information content (AvgIpc) is 1.95. The molecule has 1 aliphatic rings. The SMILES string of the molecule is COCC(CO)N1CC(C)(C)C1. The Hall–Kier alpha value is -0.120. The first-order valence-electron chi connectivity index (χ1n) is 4.43. The van der Waals surface area contributed by atoms with Crippen LogP contribution in [-0.2, 0) is 4.74 Å². The summed E-state index contributed by atoms with van der Waals surface area (Å²) in [6, 6.07) is 0.197. The first kappa shape index (κ1) is 9.96. The number of aliphatic hydroxyl groups excluding tert-OH is 1. The lowest BCUT2D eigenvalue weighted by molar-refractivity contribution is -0.0483. The molecular formula is C9H19NO2. The Morgan fingerprint density at radius 1 is 1.50 bits per heavy atom. The lowest BCUT2D eigenvalue weighted by atomic mass is 9.83. The van der Waals surface area contributed by atoms with Crippen molar-refractivity contribution in [3.05, 3.63) is 0 Å². The Bertz CT molecular complexity index is 139. The van der Waals surface area contributed by atoms with Crippen molar-refractivity contribution in [2.24, 2.45) is 5.41 Å². The number of hydrogen-bond acceptors (Lipinski definition) is 3. The van der Waals surface area contributed by atoms with E-state index in [9.17, 15) is 0 Å². The quantitative estimate of drug-likeness (QED) is 0.665. The van der Waals surface area contributed by atoms with Gasteiger partial charge in [0, 0.05) is 20.2 Å². The van der Waals surface area contributed by atoms with Gasteiger partial charge in [0.25, 0.3) is 0 Å². The Morgan fingerprint density at radius 3 is 2.42 bits per heavy atom. The van der Waals surface area contributed by atoms with Crippen molar-refractivity contribution in [3.63, 3.8) is 0 Å². The van der Waals surface area contributed by atoms with Crippen molar-refractivity contribution < 1.29 is 9.84 Å². The topological polar surface area (TPSA) is 32.7 Å². The van der Waals surface area contributed by atoms with Gasteiger partial charge in [0.05, 0.1) is 19.3 Å². The maximum absolute atomic E-state index is 9.04. The molecule has 0 aromatic rings. The van der Waals surface area contributed by atoms with Gasteiger partial charge in [-0.15, -0.1) is 0 Å². The van der Waals surface area contributed by atoms with E-state index in [1.165, 1.54) is 0 Å². The van der Waals surface area contributed by atoms with Crippen LogP contribution in [0.4, 0.5) is 0 Å². The summed E-state index contributed by atoms with van der Waals surface area (Å²) in [6.07, 6.45) is 0. The van der Waals surface area contributed by atoms with Crippen LogP contribution >= 0.6 is 0 Å². The fourth-order valence-corrected chi connectivity index (χ4v) is 1.78. The van der Waals surface area contributed by atoms with Crippen molar-refractivity contribution in [3.8, 4) is 0 Å². The zero-order valence-electron chi connectivity index (χ0n) is 8.21. The first-order valence-corrected chi connectivity index (χ1v) is 4.43. The monoisotopic (exact) mass is 173 g/mol. The highest BCUT2D eigenvalue weighted by Crippen LogP contribution is 2.30. The zero-order valence-corrected chi connectivity index (χ0v) is 8.21. The van der Waals surface area contributed by atoms with Crippen LogP contribution in [-0.4, -0.2) is 49.5 Å². The molecule has 3 heteroatoms. The molecule has 0 amide bonds. The molecule has 0 aliphatic carbocycles. The summed E-state index contributed by atoms with van der Waals surface area (Å²) in [5, 5.41) is 9.04. The maximum Gasteiger partial charge on any atom is 0.0640 e. The molecule has 0 bridgehead atoms. The maximum atomic E-state index is 9.04. The van der Waals surface area contributed by atoms with Crippen molar-refractivity contribution in [2.75, 3.05) is 33.4 Å².